The van der Waals surface area contributed by atoms with Gasteiger partial charge in [0.25, 0.3) is 0 Å². The number of hydrogen-bond acceptors (Lipinski definition) is 4. The van der Waals surface area contributed by atoms with Gasteiger partial charge >= 0.3 is 5.69 Å². The second kappa shape index (κ2) is 6.75. The fraction of sp³-hybridized carbons (Fsp3) is 0.538. The number of nitro benzene ring substituents is 1. The van der Waals surface area contributed by atoms with E-state index in [1.807, 2.05) is 13.8 Å². The van der Waals surface area contributed by atoms with Crippen LogP contribution in [-0.2, 0) is 0 Å². The molecule has 0 aliphatic carbocycles. The van der Waals surface area contributed by atoms with E-state index in [4.69, 9.17) is 4.74 Å². The van der Waals surface area contributed by atoms with Crippen molar-refractivity contribution in [2.75, 3.05) is 12.4 Å². The van der Waals surface area contributed by atoms with Crippen LogP contribution in [0.1, 0.15) is 26.7 Å². The Bertz CT molecular complexity index is 441. The van der Waals surface area contributed by atoms with Crippen LogP contribution in [0.4, 0.5) is 10.1 Å². The van der Waals surface area contributed by atoms with Crippen molar-refractivity contribution in [2.24, 2.45) is 5.41 Å². The van der Waals surface area contributed by atoms with Gasteiger partial charge in [-0.2, -0.15) is 12.6 Å². The number of nitro groups is 1. The lowest BCUT2D eigenvalue weighted by Crippen LogP contribution is -2.29. The molecule has 0 aliphatic rings. The number of rotatable bonds is 7. The first-order valence-corrected chi connectivity index (χ1v) is 6.79. The Morgan fingerprint density at radius 2 is 2.05 bits per heavy atom. The van der Waals surface area contributed by atoms with Crippen molar-refractivity contribution in [3.05, 3.63) is 34.1 Å². The molecule has 106 valence electrons. The molecule has 0 bridgehead atoms. The van der Waals surface area contributed by atoms with Gasteiger partial charge in [0.05, 0.1) is 17.6 Å². The molecule has 1 aromatic rings. The van der Waals surface area contributed by atoms with Crippen LogP contribution in [-0.4, -0.2) is 17.3 Å². The quantitative estimate of drug-likeness (QED) is 0.471. The molecule has 1 aromatic carbocycles. The highest BCUT2D eigenvalue weighted by Gasteiger charge is 2.27. The number of hydrogen-bond donors (Lipinski definition) is 1. The first kappa shape index (κ1) is 15.8. The monoisotopic (exact) mass is 287 g/mol. The topological polar surface area (TPSA) is 52.4 Å². The minimum Gasteiger partial charge on any atom is -0.486 e. The van der Waals surface area contributed by atoms with Gasteiger partial charge in [-0.25, -0.2) is 4.39 Å². The lowest BCUT2D eigenvalue weighted by Gasteiger charge is -2.29. The summed E-state index contributed by atoms with van der Waals surface area (Å²) in [6.07, 6.45) is 1.73. The van der Waals surface area contributed by atoms with Crippen molar-refractivity contribution in [1.82, 2.24) is 0 Å². The molecule has 0 fully saturated rings. The molecule has 0 aliphatic heterocycles. The summed E-state index contributed by atoms with van der Waals surface area (Å²) in [5.41, 5.74) is -0.467. The van der Waals surface area contributed by atoms with E-state index in [0.717, 1.165) is 25.0 Å². The van der Waals surface area contributed by atoms with E-state index in [2.05, 4.69) is 12.6 Å². The van der Waals surface area contributed by atoms with Crippen LogP contribution in [0, 0.1) is 21.3 Å². The molecule has 0 saturated heterocycles. The number of thiol groups is 1. The summed E-state index contributed by atoms with van der Waals surface area (Å²) in [5, 5.41) is 10.9. The predicted molar refractivity (Wildman–Crippen MR) is 75.4 cm³/mol. The van der Waals surface area contributed by atoms with Crippen LogP contribution >= 0.6 is 12.6 Å². The van der Waals surface area contributed by atoms with E-state index in [-0.39, 0.29) is 16.9 Å². The fourth-order valence-corrected chi connectivity index (χ4v) is 2.25. The maximum atomic E-state index is 13.0. The highest BCUT2D eigenvalue weighted by Crippen LogP contribution is 2.32. The summed E-state index contributed by atoms with van der Waals surface area (Å²) >= 11 is 4.32. The zero-order chi connectivity index (χ0) is 14.5. The van der Waals surface area contributed by atoms with E-state index in [1.54, 1.807) is 0 Å². The first-order chi connectivity index (χ1) is 8.98. The van der Waals surface area contributed by atoms with E-state index in [9.17, 15) is 14.5 Å². The molecule has 0 aromatic heterocycles. The smallest absolute Gasteiger partial charge is 0.313 e. The molecule has 0 N–H and O–H groups in total. The molecule has 0 radical (unpaired) electrons. The van der Waals surface area contributed by atoms with Crippen LogP contribution in [0.2, 0.25) is 0 Å². The summed E-state index contributed by atoms with van der Waals surface area (Å²) < 4.78 is 18.5. The molecule has 1 rings (SSSR count). The van der Waals surface area contributed by atoms with Gasteiger partial charge in [0, 0.05) is 5.41 Å². The van der Waals surface area contributed by atoms with Crippen molar-refractivity contribution in [2.45, 2.75) is 26.7 Å². The van der Waals surface area contributed by atoms with E-state index in [0.29, 0.717) is 12.4 Å². The van der Waals surface area contributed by atoms with Crippen LogP contribution in [0.25, 0.3) is 0 Å². The Balaban J connectivity index is 2.91. The molecular weight excluding hydrogens is 269 g/mol. The number of benzene rings is 1. The zero-order valence-electron chi connectivity index (χ0n) is 11.1. The predicted octanol–water partition coefficient (Wildman–Crippen LogP) is 3.85. The van der Waals surface area contributed by atoms with Crippen molar-refractivity contribution in [3.8, 4) is 5.75 Å². The summed E-state index contributed by atoms with van der Waals surface area (Å²) in [4.78, 5) is 10.2. The van der Waals surface area contributed by atoms with Crippen LogP contribution in [0.15, 0.2) is 18.2 Å². The largest absolute Gasteiger partial charge is 0.486 e. The van der Waals surface area contributed by atoms with Crippen LogP contribution in [0.5, 0.6) is 5.75 Å². The summed E-state index contributed by atoms with van der Waals surface area (Å²) in [6.45, 7) is 4.39. The third-order valence-corrected chi connectivity index (χ3v) is 4.16. The third-order valence-electron chi connectivity index (χ3n) is 3.49. The van der Waals surface area contributed by atoms with Gasteiger partial charge in [-0.1, -0.05) is 13.8 Å². The molecule has 0 saturated carbocycles. The maximum Gasteiger partial charge on any atom is 0.313 e. The number of nitrogens with zero attached hydrogens (tertiary/aromatic N) is 1. The lowest BCUT2D eigenvalue weighted by molar-refractivity contribution is -0.386. The zero-order valence-corrected chi connectivity index (χ0v) is 12.0. The molecule has 4 nitrogen and oxygen atoms in total. The average Bonchev–Trinajstić information content (AvgIpc) is 2.42. The Morgan fingerprint density at radius 1 is 1.42 bits per heavy atom. The van der Waals surface area contributed by atoms with Gasteiger partial charge < -0.3 is 4.74 Å². The van der Waals surface area contributed by atoms with Gasteiger partial charge in [-0.3, -0.25) is 10.1 Å². The third kappa shape index (κ3) is 3.83. The summed E-state index contributed by atoms with van der Waals surface area (Å²) in [5.74, 6) is 0.0829. The molecule has 6 heteroatoms. The van der Waals surface area contributed by atoms with Crippen molar-refractivity contribution in [1.29, 1.82) is 0 Å². The maximum absolute atomic E-state index is 13.0. The molecule has 0 amide bonds. The molecule has 0 atom stereocenters. The highest BCUT2D eigenvalue weighted by atomic mass is 32.1. The Hall–Kier alpha value is -1.30. The molecule has 0 unspecified atom stereocenters. The minimum absolute atomic E-state index is 0.0967. The van der Waals surface area contributed by atoms with E-state index < -0.39 is 10.7 Å². The van der Waals surface area contributed by atoms with Crippen molar-refractivity contribution < 1.29 is 14.1 Å². The number of ether oxygens (including phenoxy) is 1. The van der Waals surface area contributed by atoms with E-state index in [1.165, 1.54) is 6.07 Å². The van der Waals surface area contributed by atoms with Gasteiger partial charge in [-0.05, 0) is 30.7 Å². The molecular formula is C13H18FNO3S. The van der Waals surface area contributed by atoms with Crippen molar-refractivity contribution in [3.63, 3.8) is 0 Å². The SMILES string of the molecule is CCC(CC)(CS)COc1ccc(F)cc1[N+](=O)[O-]. The lowest BCUT2D eigenvalue weighted by atomic mass is 9.85. The molecule has 19 heavy (non-hydrogen) atoms. The Morgan fingerprint density at radius 3 is 2.53 bits per heavy atom. The van der Waals surface area contributed by atoms with Crippen molar-refractivity contribution >= 4 is 18.3 Å². The average molecular weight is 287 g/mol. The normalized spacial score (nSPS) is 11.4. The molecule has 0 spiro atoms. The van der Waals surface area contributed by atoms with Gasteiger partial charge in [0.2, 0.25) is 0 Å². The standard InChI is InChI=1S/C13H18FNO3S/c1-3-13(4-2,9-19)8-18-12-6-5-10(14)7-11(12)15(16)17/h5-7,19H,3-4,8-9H2,1-2H3. The molecule has 0 heterocycles. The van der Waals surface area contributed by atoms with Gasteiger partial charge in [0.1, 0.15) is 5.82 Å². The second-order valence-corrected chi connectivity index (χ2v) is 4.84. The van der Waals surface area contributed by atoms with E-state index >= 15 is 0 Å². The fourth-order valence-electron chi connectivity index (χ4n) is 1.71. The van der Waals surface area contributed by atoms with Crippen LogP contribution < -0.4 is 4.74 Å². The van der Waals surface area contributed by atoms with Crippen LogP contribution in [0.3, 0.4) is 0 Å². The number of halogens is 1. The Kier molecular flexibility index (Phi) is 5.60. The summed E-state index contributed by atoms with van der Waals surface area (Å²) in [7, 11) is 0. The Labute approximate surface area is 117 Å². The van der Waals surface area contributed by atoms with Gasteiger partial charge in [-0.15, -0.1) is 0 Å². The summed E-state index contributed by atoms with van der Waals surface area (Å²) in [6, 6.07) is 3.32. The first-order valence-electron chi connectivity index (χ1n) is 6.15. The van der Waals surface area contributed by atoms with Gasteiger partial charge in [0.15, 0.2) is 5.75 Å². The minimum atomic E-state index is -0.648. The highest BCUT2D eigenvalue weighted by molar-refractivity contribution is 7.80. The second-order valence-electron chi connectivity index (χ2n) is 4.52.